The van der Waals surface area contributed by atoms with Crippen molar-refractivity contribution in [3.63, 3.8) is 0 Å². The lowest BCUT2D eigenvalue weighted by Gasteiger charge is -2.25. The van der Waals surface area contributed by atoms with Gasteiger partial charge in [-0.05, 0) is 30.5 Å². The summed E-state index contributed by atoms with van der Waals surface area (Å²) in [6, 6.07) is 2.94. The van der Waals surface area contributed by atoms with Crippen LogP contribution in [-0.4, -0.2) is 68.0 Å². The fraction of sp³-hybridized carbons (Fsp3) is 0.357. The highest BCUT2D eigenvalue weighted by Crippen LogP contribution is 2.49. The van der Waals surface area contributed by atoms with Crippen molar-refractivity contribution in [1.29, 1.82) is 0 Å². The van der Waals surface area contributed by atoms with E-state index in [4.69, 9.17) is 47.1 Å². The second-order valence-corrected chi connectivity index (χ2v) is 10.1. The lowest BCUT2D eigenvalue weighted by atomic mass is 9.87. The molecule has 5 rings (SSSR count). The van der Waals surface area contributed by atoms with Crippen molar-refractivity contribution in [2.75, 3.05) is 39.4 Å². The molecule has 4 heterocycles. The number of methoxy groups -OCH3 is 2. The molecule has 2 aliphatic heterocycles. The van der Waals surface area contributed by atoms with Gasteiger partial charge in [0.05, 0.1) is 49.2 Å². The molecule has 1 aromatic carbocycles. The summed E-state index contributed by atoms with van der Waals surface area (Å²) in [6.07, 6.45) is 5.35. The first-order chi connectivity index (χ1) is 19.4. The number of carbonyl (C=O) groups is 2. The molecule has 1 unspecified atom stereocenters. The first kappa shape index (κ1) is 28.1. The van der Waals surface area contributed by atoms with Crippen LogP contribution < -0.4 is 20.1 Å². The maximum absolute atomic E-state index is 13.1. The molecule has 210 valence electrons. The first-order valence-corrected chi connectivity index (χ1v) is 13.4. The largest absolute Gasteiger partial charge is 0.495 e. The molecule has 0 saturated carbocycles. The maximum atomic E-state index is 13.1. The number of pyridine rings is 2. The molecule has 2 saturated heterocycles. The van der Waals surface area contributed by atoms with E-state index in [0.717, 1.165) is 6.42 Å². The molecule has 2 N–H and O–H groups in total. The number of hydrogen-bond acceptors (Lipinski definition) is 8. The highest BCUT2D eigenvalue weighted by molar-refractivity contribution is 6.41. The molecule has 0 bridgehead atoms. The lowest BCUT2D eigenvalue weighted by Crippen LogP contribution is -2.38. The Labute approximate surface area is 241 Å². The van der Waals surface area contributed by atoms with E-state index in [1.807, 2.05) is 0 Å². The molecule has 3 atom stereocenters. The summed E-state index contributed by atoms with van der Waals surface area (Å²) in [5.74, 6) is -0.0804. The summed E-state index contributed by atoms with van der Waals surface area (Å²) in [5.41, 5.74) is 1.39. The predicted octanol–water partition coefficient (Wildman–Crippen LogP) is 4.52. The third-order valence-electron chi connectivity index (χ3n) is 7.08. The van der Waals surface area contributed by atoms with Crippen molar-refractivity contribution in [2.45, 2.75) is 30.9 Å². The van der Waals surface area contributed by atoms with Gasteiger partial charge in [0.25, 0.3) is 5.91 Å². The van der Waals surface area contributed by atoms with Crippen molar-refractivity contribution in [3.8, 4) is 22.8 Å². The molecule has 2 aliphatic rings. The third-order valence-corrected chi connectivity index (χ3v) is 7.83. The van der Waals surface area contributed by atoms with Crippen molar-refractivity contribution < 1.29 is 28.5 Å². The van der Waals surface area contributed by atoms with Crippen LogP contribution in [0.3, 0.4) is 0 Å². The number of carbonyl (C=O) groups excluding carboxylic acids is 2. The van der Waals surface area contributed by atoms with Gasteiger partial charge in [-0.3, -0.25) is 14.6 Å². The Kier molecular flexibility index (Phi) is 8.41. The molecule has 10 nitrogen and oxygen atoms in total. The fourth-order valence-electron chi connectivity index (χ4n) is 5.13. The second-order valence-electron chi connectivity index (χ2n) is 9.38. The molecular formula is C28H28Cl2N4O6. The number of ether oxygens (including phenoxy) is 4. The summed E-state index contributed by atoms with van der Waals surface area (Å²) in [4.78, 5) is 34.7. The van der Waals surface area contributed by atoms with Gasteiger partial charge in [0, 0.05) is 47.3 Å². The number of rotatable bonds is 8. The zero-order valence-electron chi connectivity index (χ0n) is 22.0. The molecular weight excluding hydrogens is 559 g/mol. The molecule has 2 fully saturated rings. The van der Waals surface area contributed by atoms with Gasteiger partial charge in [-0.15, -0.1) is 0 Å². The summed E-state index contributed by atoms with van der Waals surface area (Å²) in [7, 11) is 2.96. The minimum Gasteiger partial charge on any atom is -0.495 e. The van der Waals surface area contributed by atoms with Crippen LogP contribution in [0.15, 0.2) is 37.2 Å². The Morgan fingerprint density at radius 2 is 1.90 bits per heavy atom. The lowest BCUT2D eigenvalue weighted by molar-refractivity contribution is -0.124. The number of amides is 2. The zero-order valence-corrected chi connectivity index (χ0v) is 23.5. The smallest absolute Gasteiger partial charge is 0.254 e. The number of anilines is 1. The average molecular weight is 587 g/mol. The summed E-state index contributed by atoms with van der Waals surface area (Å²) >= 11 is 13.7. The molecule has 0 aliphatic carbocycles. The maximum Gasteiger partial charge on any atom is 0.254 e. The predicted molar refractivity (Wildman–Crippen MR) is 151 cm³/mol. The van der Waals surface area contributed by atoms with E-state index in [0.29, 0.717) is 52.1 Å². The number of benzene rings is 1. The van der Waals surface area contributed by atoms with Gasteiger partial charge in [-0.25, -0.2) is 4.98 Å². The highest BCUT2D eigenvalue weighted by atomic mass is 35.5. The third kappa shape index (κ3) is 5.19. The zero-order chi connectivity index (χ0) is 28.4. The number of halogens is 2. The number of aromatic nitrogens is 2. The van der Waals surface area contributed by atoms with E-state index in [-0.39, 0.29) is 46.8 Å². The monoisotopic (exact) mass is 586 g/mol. The van der Waals surface area contributed by atoms with E-state index < -0.39 is 12.1 Å². The van der Waals surface area contributed by atoms with Crippen LogP contribution in [0.4, 0.5) is 5.82 Å². The van der Waals surface area contributed by atoms with Crippen LogP contribution >= 0.6 is 23.2 Å². The summed E-state index contributed by atoms with van der Waals surface area (Å²) in [5, 5.41) is 7.61. The van der Waals surface area contributed by atoms with Gasteiger partial charge in [0.1, 0.15) is 23.4 Å². The second kappa shape index (κ2) is 12.0. The topological polar surface area (TPSA) is 121 Å². The fourth-order valence-corrected chi connectivity index (χ4v) is 5.81. The Morgan fingerprint density at radius 1 is 1.15 bits per heavy atom. The van der Waals surface area contributed by atoms with E-state index in [2.05, 4.69) is 22.2 Å². The Bertz CT molecular complexity index is 1450. The van der Waals surface area contributed by atoms with Crippen LogP contribution in [0.25, 0.3) is 22.0 Å². The number of nitrogens with one attached hydrogen (secondary N) is 2. The molecule has 2 amide bonds. The Morgan fingerprint density at radius 3 is 2.55 bits per heavy atom. The van der Waals surface area contributed by atoms with Crippen molar-refractivity contribution in [3.05, 3.63) is 52.8 Å². The molecule has 2 aromatic heterocycles. The number of hydrogen-bond donors (Lipinski definition) is 2. The molecule has 3 aromatic rings. The summed E-state index contributed by atoms with van der Waals surface area (Å²) in [6.45, 7) is 4.63. The highest BCUT2D eigenvalue weighted by Gasteiger charge is 2.37. The van der Waals surface area contributed by atoms with Crippen molar-refractivity contribution >= 4 is 51.6 Å². The Balaban J connectivity index is 1.79. The van der Waals surface area contributed by atoms with Crippen molar-refractivity contribution in [1.82, 2.24) is 15.3 Å². The van der Waals surface area contributed by atoms with Gasteiger partial charge >= 0.3 is 0 Å². The van der Waals surface area contributed by atoms with Crippen LogP contribution in [0, 0.1) is 0 Å². The van der Waals surface area contributed by atoms with E-state index in [1.165, 1.54) is 20.3 Å². The van der Waals surface area contributed by atoms with Gasteiger partial charge < -0.3 is 29.6 Å². The van der Waals surface area contributed by atoms with Crippen LogP contribution in [0.5, 0.6) is 11.5 Å². The molecule has 0 spiro atoms. The van der Waals surface area contributed by atoms with E-state index in [1.54, 1.807) is 24.5 Å². The quantitative estimate of drug-likeness (QED) is 0.369. The molecule has 40 heavy (non-hydrogen) atoms. The molecule has 12 heteroatoms. The minimum absolute atomic E-state index is 0.201. The van der Waals surface area contributed by atoms with Crippen LogP contribution in [0.1, 0.15) is 24.3 Å². The normalized spacial score (nSPS) is 20.4. The van der Waals surface area contributed by atoms with E-state index >= 15 is 0 Å². The first-order valence-electron chi connectivity index (χ1n) is 12.7. The SMILES string of the molecule is C=CC(=O)N[C@H]1COC[C@H]1c1c(-c2c(Cl)c(OC)cc(OC)c2Cl)nc(NC(=O)C2CCCO2)c2ccncc12. The Hall–Kier alpha value is -3.44. The van der Waals surface area contributed by atoms with Crippen LogP contribution in [-0.2, 0) is 19.1 Å². The summed E-state index contributed by atoms with van der Waals surface area (Å²) < 4.78 is 22.4. The average Bonchev–Trinajstić information content (AvgIpc) is 3.66. The standard InChI is InChI=1S/C28H28Cl2N4O6/c1-4-21(35)32-17-13-39-12-16(17)22-15-11-31-8-7-14(15)27(34-28(36)18-6-5-9-40-18)33-26(22)23-24(29)19(37-2)10-20(38-3)25(23)30/h4,7-8,10-11,16-18H,1,5-6,9,12-13H2,2-3H3,(H,32,35)(H,33,34,36)/t16-,17+,18?/m1/s1. The number of fused-ring (bicyclic) bond motifs is 1. The number of nitrogens with zero attached hydrogens (tertiary/aromatic N) is 2. The molecule has 0 radical (unpaired) electrons. The van der Waals surface area contributed by atoms with Gasteiger partial charge in [0.2, 0.25) is 5.91 Å². The van der Waals surface area contributed by atoms with Gasteiger partial charge in [-0.2, -0.15) is 0 Å². The van der Waals surface area contributed by atoms with Gasteiger partial charge in [-0.1, -0.05) is 29.8 Å². The van der Waals surface area contributed by atoms with E-state index in [9.17, 15) is 9.59 Å². The van der Waals surface area contributed by atoms with Crippen LogP contribution in [0.2, 0.25) is 10.0 Å². The minimum atomic E-state index is -0.576. The van der Waals surface area contributed by atoms with Crippen molar-refractivity contribution in [2.24, 2.45) is 0 Å². The van der Waals surface area contributed by atoms with Gasteiger partial charge in [0.15, 0.2) is 0 Å².